The minimum Gasteiger partial charge on any atom is -0.389 e. The molecular formula is C18H18ClF3N2O. The van der Waals surface area contributed by atoms with E-state index in [-0.39, 0.29) is 5.02 Å². The van der Waals surface area contributed by atoms with Gasteiger partial charge in [-0.2, -0.15) is 13.2 Å². The van der Waals surface area contributed by atoms with Crippen LogP contribution in [-0.2, 0) is 6.18 Å². The lowest BCUT2D eigenvalue weighted by Crippen LogP contribution is -2.38. The van der Waals surface area contributed by atoms with Gasteiger partial charge in [0.05, 0.1) is 29.2 Å². The molecule has 3 nitrogen and oxygen atoms in total. The maximum Gasteiger partial charge on any atom is 0.416 e. The second-order valence-corrected chi connectivity index (χ2v) is 7.18. The number of anilines is 2. The Labute approximate surface area is 149 Å². The van der Waals surface area contributed by atoms with Crippen LogP contribution in [0.4, 0.5) is 24.5 Å². The van der Waals surface area contributed by atoms with Crippen LogP contribution in [0.15, 0.2) is 36.4 Å². The largest absolute Gasteiger partial charge is 0.416 e. The van der Waals surface area contributed by atoms with Crippen molar-refractivity contribution >= 4 is 23.0 Å². The number of halogens is 4. The minimum absolute atomic E-state index is 0.0507. The zero-order valence-corrected chi connectivity index (χ0v) is 14.5. The van der Waals surface area contributed by atoms with Gasteiger partial charge in [-0.1, -0.05) is 23.7 Å². The first kappa shape index (κ1) is 17.9. The fraction of sp³-hybridized carbons (Fsp3) is 0.333. The highest BCUT2D eigenvalue weighted by molar-refractivity contribution is 6.33. The number of nitrogens with zero attached hydrogens (tertiary/aromatic N) is 1. The van der Waals surface area contributed by atoms with Crippen molar-refractivity contribution < 1.29 is 18.3 Å². The highest BCUT2D eigenvalue weighted by Crippen LogP contribution is 2.39. The van der Waals surface area contributed by atoms with Crippen molar-refractivity contribution in [1.29, 1.82) is 0 Å². The van der Waals surface area contributed by atoms with E-state index in [0.717, 1.165) is 29.1 Å². The maximum absolute atomic E-state index is 12.8. The highest BCUT2D eigenvalue weighted by Gasteiger charge is 2.31. The van der Waals surface area contributed by atoms with Gasteiger partial charge in [-0.3, -0.25) is 0 Å². The van der Waals surface area contributed by atoms with Gasteiger partial charge >= 0.3 is 6.18 Å². The van der Waals surface area contributed by atoms with E-state index >= 15 is 0 Å². The van der Waals surface area contributed by atoms with Crippen molar-refractivity contribution in [2.24, 2.45) is 0 Å². The number of aliphatic hydroxyl groups is 1. The molecule has 134 valence electrons. The van der Waals surface area contributed by atoms with Gasteiger partial charge in [0, 0.05) is 17.1 Å². The molecular weight excluding hydrogens is 353 g/mol. The Balaban J connectivity index is 1.96. The monoisotopic (exact) mass is 370 g/mol. The Bertz CT molecular complexity index is 800. The molecule has 0 amide bonds. The lowest BCUT2D eigenvalue weighted by Gasteiger charge is -2.26. The number of alkyl halides is 3. The molecule has 0 unspecified atom stereocenters. The van der Waals surface area contributed by atoms with Crippen LogP contribution < -0.4 is 10.2 Å². The van der Waals surface area contributed by atoms with E-state index in [2.05, 4.69) is 5.32 Å². The molecule has 3 rings (SSSR count). The predicted molar refractivity (Wildman–Crippen MR) is 94.0 cm³/mol. The summed E-state index contributed by atoms with van der Waals surface area (Å²) in [5, 5.41) is 13.3. The minimum atomic E-state index is -4.42. The Kier molecular flexibility index (Phi) is 4.37. The first-order chi connectivity index (χ1) is 11.5. The Morgan fingerprint density at radius 3 is 2.48 bits per heavy atom. The van der Waals surface area contributed by atoms with Crippen LogP contribution in [0.5, 0.6) is 0 Å². The number of β-amino-alcohol motifs (C(OH)–C–C–N with tert-alkyl or cyclic N) is 1. The van der Waals surface area contributed by atoms with Crippen LogP contribution in [0, 0.1) is 0 Å². The van der Waals surface area contributed by atoms with Crippen LogP contribution in [0.25, 0.3) is 11.1 Å². The lowest BCUT2D eigenvalue weighted by atomic mass is 10.0. The van der Waals surface area contributed by atoms with Gasteiger partial charge in [-0.05, 0) is 43.7 Å². The molecule has 2 aromatic rings. The standard InChI is InChI=1S/C18H18ClF3N2O/c1-17(2,25)9-24-10-23-15-6-3-11(7-16(15)24)13-5-4-12(8-14(13)19)18(20,21)22/h3-8,23,25H,9-10H2,1-2H3. The second kappa shape index (κ2) is 6.11. The molecule has 0 saturated carbocycles. The average Bonchev–Trinajstić information content (AvgIpc) is 2.86. The summed E-state index contributed by atoms with van der Waals surface area (Å²) in [6.07, 6.45) is -4.42. The van der Waals surface area contributed by atoms with Gasteiger partial charge in [0.2, 0.25) is 0 Å². The predicted octanol–water partition coefficient (Wildman–Crippen LogP) is 4.99. The van der Waals surface area contributed by atoms with Gasteiger partial charge in [-0.15, -0.1) is 0 Å². The quantitative estimate of drug-likeness (QED) is 0.799. The van der Waals surface area contributed by atoms with E-state index in [9.17, 15) is 18.3 Å². The van der Waals surface area contributed by atoms with Crippen molar-refractivity contribution in [1.82, 2.24) is 0 Å². The molecule has 1 aliphatic rings. The molecule has 1 aliphatic heterocycles. The Morgan fingerprint density at radius 1 is 1.16 bits per heavy atom. The summed E-state index contributed by atoms with van der Waals surface area (Å²) < 4.78 is 38.4. The molecule has 2 N–H and O–H groups in total. The van der Waals surface area contributed by atoms with Crippen LogP contribution in [0.3, 0.4) is 0 Å². The van der Waals surface area contributed by atoms with Crippen molar-refractivity contribution in [2.45, 2.75) is 25.6 Å². The lowest BCUT2D eigenvalue weighted by molar-refractivity contribution is -0.137. The molecule has 0 saturated heterocycles. The van der Waals surface area contributed by atoms with Crippen LogP contribution >= 0.6 is 11.6 Å². The molecule has 1 heterocycles. The molecule has 0 radical (unpaired) electrons. The number of hydrogen-bond acceptors (Lipinski definition) is 3. The Hall–Kier alpha value is -1.92. The molecule has 25 heavy (non-hydrogen) atoms. The topological polar surface area (TPSA) is 35.5 Å². The zero-order valence-electron chi connectivity index (χ0n) is 13.8. The summed E-state index contributed by atoms with van der Waals surface area (Å²) in [5.74, 6) is 0. The number of rotatable bonds is 3. The summed E-state index contributed by atoms with van der Waals surface area (Å²) in [5.41, 5.74) is 1.42. The van der Waals surface area contributed by atoms with Gasteiger partial charge < -0.3 is 15.3 Å². The van der Waals surface area contributed by atoms with Crippen LogP contribution in [0.2, 0.25) is 5.02 Å². The Morgan fingerprint density at radius 2 is 1.88 bits per heavy atom. The van der Waals surface area contributed by atoms with Crippen molar-refractivity contribution in [3.63, 3.8) is 0 Å². The third-order valence-electron chi connectivity index (χ3n) is 3.98. The summed E-state index contributed by atoms with van der Waals surface area (Å²) in [7, 11) is 0. The van der Waals surface area contributed by atoms with Gasteiger partial charge in [0.25, 0.3) is 0 Å². The second-order valence-electron chi connectivity index (χ2n) is 6.77. The number of hydrogen-bond donors (Lipinski definition) is 2. The zero-order chi connectivity index (χ0) is 18.4. The fourth-order valence-electron chi connectivity index (χ4n) is 2.91. The summed E-state index contributed by atoms with van der Waals surface area (Å²) in [6.45, 7) is 4.43. The molecule has 0 aromatic heterocycles. The summed E-state index contributed by atoms with van der Waals surface area (Å²) in [4.78, 5) is 1.98. The van der Waals surface area contributed by atoms with Crippen molar-refractivity contribution in [3.8, 4) is 11.1 Å². The fourth-order valence-corrected chi connectivity index (χ4v) is 3.20. The van der Waals surface area contributed by atoms with Crippen molar-refractivity contribution in [3.05, 3.63) is 47.0 Å². The number of benzene rings is 2. The van der Waals surface area contributed by atoms with Crippen molar-refractivity contribution in [2.75, 3.05) is 23.4 Å². The van der Waals surface area contributed by atoms with Gasteiger partial charge in [0.15, 0.2) is 0 Å². The normalized spacial score (nSPS) is 14.4. The van der Waals surface area contributed by atoms with Crippen LogP contribution in [0.1, 0.15) is 19.4 Å². The smallest absolute Gasteiger partial charge is 0.389 e. The average molecular weight is 371 g/mol. The van der Waals surface area contributed by atoms with Crippen LogP contribution in [-0.4, -0.2) is 23.9 Å². The van der Waals surface area contributed by atoms with E-state index in [1.54, 1.807) is 13.8 Å². The molecule has 0 bridgehead atoms. The SMILES string of the molecule is CC(C)(O)CN1CNc2ccc(-c3ccc(C(F)(F)F)cc3Cl)cc21. The first-order valence-electron chi connectivity index (χ1n) is 7.77. The van der Waals surface area contributed by atoms with Gasteiger partial charge in [-0.25, -0.2) is 0 Å². The first-order valence-corrected chi connectivity index (χ1v) is 8.15. The number of nitrogens with one attached hydrogen (secondary N) is 1. The van der Waals surface area contributed by atoms with E-state index in [1.807, 2.05) is 23.1 Å². The van der Waals surface area contributed by atoms with E-state index < -0.39 is 17.3 Å². The van der Waals surface area contributed by atoms with E-state index in [1.165, 1.54) is 6.07 Å². The third kappa shape index (κ3) is 3.85. The molecule has 7 heteroatoms. The maximum atomic E-state index is 12.8. The van der Waals surface area contributed by atoms with Gasteiger partial charge in [0.1, 0.15) is 0 Å². The van der Waals surface area contributed by atoms with E-state index in [4.69, 9.17) is 11.6 Å². The summed E-state index contributed by atoms with van der Waals surface area (Å²) >= 11 is 6.09. The highest BCUT2D eigenvalue weighted by atomic mass is 35.5. The summed E-state index contributed by atoms with van der Waals surface area (Å²) in [6, 6.07) is 8.90. The molecule has 0 spiro atoms. The third-order valence-corrected chi connectivity index (χ3v) is 4.30. The van der Waals surface area contributed by atoms with E-state index in [0.29, 0.717) is 18.8 Å². The number of fused-ring (bicyclic) bond motifs is 1. The molecule has 0 atom stereocenters. The molecule has 0 aliphatic carbocycles. The molecule has 0 fully saturated rings. The molecule has 2 aromatic carbocycles.